The highest BCUT2D eigenvalue weighted by Crippen LogP contribution is 2.26. The van der Waals surface area contributed by atoms with Crippen LogP contribution in [0.3, 0.4) is 0 Å². The predicted molar refractivity (Wildman–Crippen MR) is 53.8 cm³/mol. The first-order chi connectivity index (χ1) is 6.38. The summed E-state index contributed by atoms with van der Waals surface area (Å²) in [6.45, 7) is 3.77. The lowest BCUT2D eigenvalue weighted by molar-refractivity contribution is 0.106. The number of hydrogen-bond acceptors (Lipinski definition) is 2. The third-order valence-electron chi connectivity index (χ3n) is 3.55. The minimum absolute atomic E-state index is 0.515. The van der Waals surface area contributed by atoms with E-state index in [1.807, 2.05) is 7.11 Å². The first kappa shape index (κ1) is 9.47. The lowest BCUT2D eigenvalue weighted by Gasteiger charge is -2.19. The normalized spacial score (nSPS) is 31.6. The number of likely N-dealkylation sites (tertiary alicyclic amines) is 1. The van der Waals surface area contributed by atoms with Gasteiger partial charge < -0.3 is 9.64 Å². The molecule has 0 aromatic rings. The van der Waals surface area contributed by atoms with Crippen molar-refractivity contribution in [1.82, 2.24) is 4.90 Å². The number of methoxy groups -OCH3 is 1. The fraction of sp³-hybridized carbons (Fsp3) is 1.00. The van der Waals surface area contributed by atoms with Crippen molar-refractivity contribution < 1.29 is 4.74 Å². The molecule has 1 saturated heterocycles. The smallest absolute Gasteiger partial charge is 0.0710 e. The lowest BCUT2D eigenvalue weighted by Crippen LogP contribution is -2.27. The van der Waals surface area contributed by atoms with Crippen LogP contribution in [0.4, 0.5) is 0 Å². The van der Waals surface area contributed by atoms with Gasteiger partial charge in [0.15, 0.2) is 0 Å². The Morgan fingerprint density at radius 3 is 2.62 bits per heavy atom. The minimum atomic E-state index is 0.515. The van der Waals surface area contributed by atoms with Crippen LogP contribution in [0.5, 0.6) is 0 Å². The van der Waals surface area contributed by atoms with Crippen LogP contribution in [0, 0.1) is 5.92 Å². The van der Waals surface area contributed by atoms with Gasteiger partial charge in [-0.1, -0.05) is 12.8 Å². The molecule has 0 aromatic heterocycles. The van der Waals surface area contributed by atoms with Crippen molar-refractivity contribution >= 4 is 0 Å². The molecular weight excluding hydrogens is 162 g/mol. The Morgan fingerprint density at radius 1 is 1.23 bits per heavy atom. The molecule has 1 aliphatic carbocycles. The van der Waals surface area contributed by atoms with Gasteiger partial charge >= 0.3 is 0 Å². The van der Waals surface area contributed by atoms with Gasteiger partial charge in [0.1, 0.15) is 0 Å². The maximum atomic E-state index is 5.36. The van der Waals surface area contributed by atoms with E-state index in [-0.39, 0.29) is 0 Å². The van der Waals surface area contributed by atoms with Crippen LogP contribution in [-0.2, 0) is 4.74 Å². The molecule has 13 heavy (non-hydrogen) atoms. The van der Waals surface area contributed by atoms with Crippen molar-refractivity contribution in [3.8, 4) is 0 Å². The summed E-state index contributed by atoms with van der Waals surface area (Å²) in [6, 6.07) is 0. The molecule has 0 radical (unpaired) electrons. The van der Waals surface area contributed by atoms with E-state index in [9.17, 15) is 0 Å². The number of hydrogen-bond donors (Lipinski definition) is 0. The van der Waals surface area contributed by atoms with Crippen molar-refractivity contribution in [3.63, 3.8) is 0 Å². The van der Waals surface area contributed by atoms with E-state index in [2.05, 4.69) is 4.90 Å². The Kier molecular flexibility index (Phi) is 3.23. The number of ether oxygens (including phenoxy) is 1. The molecule has 0 unspecified atom stereocenters. The quantitative estimate of drug-likeness (QED) is 0.662. The third-order valence-corrected chi connectivity index (χ3v) is 3.55. The second-order valence-electron chi connectivity index (χ2n) is 4.56. The molecule has 2 nitrogen and oxygen atoms in total. The van der Waals surface area contributed by atoms with Gasteiger partial charge in [-0.2, -0.15) is 0 Å². The summed E-state index contributed by atoms with van der Waals surface area (Å²) in [5.41, 5.74) is 0. The van der Waals surface area contributed by atoms with Gasteiger partial charge in [0.25, 0.3) is 0 Å². The monoisotopic (exact) mass is 183 g/mol. The number of rotatable bonds is 3. The second kappa shape index (κ2) is 4.43. The molecule has 76 valence electrons. The summed E-state index contributed by atoms with van der Waals surface area (Å²) in [6.07, 6.45) is 7.62. The van der Waals surface area contributed by atoms with Gasteiger partial charge in [-0.3, -0.25) is 0 Å². The van der Waals surface area contributed by atoms with Crippen LogP contribution < -0.4 is 0 Å². The van der Waals surface area contributed by atoms with Gasteiger partial charge in [0, 0.05) is 26.7 Å². The average Bonchev–Trinajstić information content (AvgIpc) is 2.76. The van der Waals surface area contributed by atoms with Crippen molar-refractivity contribution in [3.05, 3.63) is 0 Å². The van der Waals surface area contributed by atoms with E-state index in [0.717, 1.165) is 5.92 Å². The maximum Gasteiger partial charge on any atom is 0.0710 e. The van der Waals surface area contributed by atoms with E-state index < -0.39 is 0 Å². The molecule has 0 bridgehead atoms. The highest BCUT2D eigenvalue weighted by molar-refractivity contribution is 4.79. The first-order valence-corrected chi connectivity index (χ1v) is 5.63. The van der Waals surface area contributed by atoms with E-state index in [1.54, 1.807) is 0 Å². The standard InChI is InChI=1S/C11H21NO/c1-13-11-6-7-12(9-11)8-10-4-2-3-5-10/h10-11H,2-9H2,1H3/t11-/m0/s1. The van der Waals surface area contributed by atoms with E-state index in [0.29, 0.717) is 6.10 Å². The van der Waals surface area contributed by atoms with Crippen molar-refractivity contribution in [2.24, 2.45) is 5.92 Å². The fourth-order valence-corrected chi connectivity index (χ4v) is 2.71. The highest BCUT2D eigenvalue weighted by atomic mass is 16.5. The average molecular weight is 183 g/mol. The largest absolute Gasteiger partial charge is 0.380 e. The molecule has 2 aliphatic rings. The van der Waals surface area contributed by atoms with E-state index in [4.69, 9.17) is 4.74 Å². The Hall–Kier alpha value is -0.0800. The topological polar surface area (TPSA) is 12.5 Å². The van der Waals surface area contributed by atoms with Gasteiger partial charge in [-0.15, -0.1) is 0 Å². The molecule has 0 amide bonds. The van der Waals surface area contributed by atoms with Crippen LogP contribution in [0.15, 0.2) is 0 Å². The zero-order chi connectivity index (χ0) is 9.10. The van der Waals surface area contributed by atoms with Gasteiger partial charge in [-0.05, 0) is 25.2 Å². The molecule has 1 aliphatic heterocycles. The Morgan fingerprint density at radius 2 is 2.00 bits per heavy atom. The summed E-state index contributed by atoms with van der Waals surface area (Å²) >= 11 is 0. The van der Waals surface area contributed by atoms with Gasteiger partial charge in [0.05, 0.1) is 6.10 Å². The molecule has 1 atom stereocenters. The molecule has 2 heteroatoms. The maximum absolute atomic E-state index is 5.36. The van der Waals surface area contributed by atoms with Crippen LogP contribution in [0.25, 0.3) is 0 Å². The van der Waals surface area contributed by atoms with Gasteiger partial charge in [-0.25, -0.2) is 0 Å². The van der Waals surface area contributed by atoms with Crippen LogP contribution in [0.2, 0.25) is 0 Å². The molecule has 2 rings (SSSR count). The highest BCUT2D eigenvalue weighted by Gasteiger charge is 2.25. The van der Waals surface area contributed by atoms with Gasteiger partial charge in [0.2, 0.25) is 0 Å². The SMILES string of the molecule is CO[C@H]1CCN(CC2CCCC2)C1. The summed E-state index contributed by atoms with van der Waals surface area (Å²) in [5.74, 6) is 0.996. The van der Waals surface area contributed by atoms with Crippen molar-refractivity contribution in [1.29, 1.82) is 0 Å². The molecule has 1 saturated carbocycles. The first-order valence-electron chi connectivity index (χ1n) is 5.63. The Bertz CT molecular complexity index is 154. The summed E-state index contributed by atoms with van der Waals surface area (Å²) < 4.78 is 5.36. The van der Waals surface area contributed by atoms with Crippen molar-refractivity contribution in [2.75, 3.05) is 26.7 Å². The molecular formula is C11H21NO. The fourth-order valence-electron chi connectivity index (χ4n) is 2.71. The molecule has 0 spiro atoms. The third kappa shape index (κ3) is 2.44. The zero-order valence-corrected chi connectivity index (χ0v) is 8.67. The summed E-state index contributed by atoms with van der Waals surface area (Å²) in [7, 11) is 1.84. The summed E-state index contributed by atoms with van der Waals surface area (Å²) in [5, 5.41) is 0. The van der Waals surface area contributed by atoms with E-state index >= 15 is 0 Å². The van der Waals surface area contributed by atoms with Crippen LogP contribution in [0.1, 0.15) is 32.1 Å². The molecule has 2 fully saturated rings. The lowest BCUT2D eigenvalue weighted by atomic mass is 10.1. The molecule has 0 N–H and O–H groups in total. The minimum Gasteiger partial charge on any atom is -0.380 e. The summed E-state index contributed by atoms with van der Waals surface area (Å²) in [4.78, 5) is 2.59. The van der Waals surface area contributed by atoms with Crippen molar-refractivity contribution in [2.45, 2.75) is 38.2 Å². The van der Waals surface area contributed by atoms with Crippen LogP contribution >= 0.6 is 0 Å². The predicted octanol–water partition coefficient (Wildman–Crippen LogP) is 1.90. The zero-order valence-electron chi connectivity index (χ0n) is 8.67. The second-order valence-corrected chi connectivity index (χ2v) is 4.56. The van der Waals surface area contributed by atoms with Crippen LogP contribution in [-0.4, -0.2) is 37.7 Å². The van der Waals surface area contributed by atoms with E-state index in [1.165, 1.54) is 51.7 Å². The molecule has 0 aromatic carbocycles. The molecule has 1 heterocycles. The number of nitrogens with zero attached hydrogens (tertiary/aromatic N) is 1. The Labute approximate surface area is 81.3 Å². The Balaban J connectivity index is 1.70.